The lowest BCUT2D eigenvalue weighted by Crippen LogP contribution is -2.42. The Morgan fingerprint density at radius 1 is 1.21 bits per heavy atom. The third-order valence-corrected chi connectivity index (χ3v) is 5.01. The molecule has 1 fully saturated rings. The zero-order valence-electron chi connectivity index (χ0n) is 15.4. The minimum Gasteiger partial charge on any atom is -0.469 e. The molecule has 2 N–H and O–H groups in total. The first kappa shape index (κ1) is 21.4. The largest absolute Gasteiger partial charge is 0.469 e. The Morgan fingerprint density at radius 2 is 1.96 bits per heavy atom. The van der Waals surface area contributed by atoms with Crippen LogP contribution in [0.15, 0.2) is 24.3 Å². The highest BCUT2D eigenvalue weighted by atomic mass is 32.2. The standard InChI is InChI=1S/C18H20N2O7S/c1-26-14(21)7-6-12(17(24)27-2)19-15(22)11-5-3-4-10(8-11)9-13-16(23)20-18(25)28-13/h3-5,8,12-13H,6-7,9H2,1-2H3,(H,19,22)(H,20,23,25)/t12-,13?/m1/s1. The van der Waals surface area contributed by atoms with E-state index in [1.165, 1.54) is 14.2 Å². The van der Waals surface area contributed by atoms with Crippen molar-refractivity contribution in [2.75, 3.05) is 14.2 Å². The van der Waals surface area contributed by atoms with Crippen LogP contribution in [-0.4, -0.2) is 54.5 Å². The zero-order chi connectivity index (χ0) is 20.7. The Morgan fingerprint density at radius 3 is 2.57 bits per heavy atom. The molecular weight excluding hydrogens is 388 g/mol. The van der Waals surface area contributed by atoms with Crippen LogP contribution in [-0.2, 0) is 30.3 Å². The highest BCUT2D eigenvalue weighted by molar-refractivity contribution is 8.15. The van der Waals surface area contributed by atoms with Gasteiger partial charge in [-0.3, -0.25) is 24.5 Å². The van der Waals surface area contributed by atoms with Crippen molar-refractivity contribution >= 4 is 40.8 Å². The average molecular weight is 408 g/mol. The Bertz CT molecular complexity index is 796. The molecule has 1 unspecified atom stereocenters. The second kappa shape index (κ2) is 9.88. The first-order valence-electron chi connectivity index (χ1n) is 8.40. The monoisotopic (exact) mass is 408 g/mol. The van der Waals surface area contributed by atoms with E-state index >= 15 is 0 Å². The van der Waals surface area contributed by atoms with Crippen LogP contribution >= 0.6 is 11.8 Å². The number of rotatable bonds is 8. The average Bonchev–Trinajstić information content (AvgIpc) is 3.00. The van der Waals surface area contributed by atoms with Crippen LogP contribution in [0.1, 0.15) is 28.8 Å². The van der Waals surface area contributed by atoms with Crippen LogP contribution in [0.5, 0.6) is 0 Å². The number of thioether (sulfide) groups is 1. The topological polar surface area (TPSA) is 128 Å². The third-order valence-electron chi connectivity index (χ3n) is 4.03. The predicted octanol–water partition coefficient (Wildman–Crippen LogP) is 0.805. The number of imide groups is 1. The maximum atomic E-state index is 12.5. The fraction of sp³-hybridized carbons (Fsp3) is 0.389. The van der Waals surface area contributed by atoms with E-state index < -0.39 is 34.4 Å². The molecule has 1 aliphatic rings. The maximum absolute atomic E-state index is 12.5. The van der Waals surface area contributed by atoms with Gasteiger partial charge in [-0.25, -0.2) is 4.79 Å². The van der Waals surface area contributed by atoms with E-state index in [4.69, 9.17) is 0 Å². The quantitative estimate of drug-likeness (QED) is 0.605. The number of esters is 2. The van der Waals surface area contributed by atoms with Crippen molar-refractivity contribution in [3.63, 3.8) is 0 Å². The van der Waals surface area contributed by atoms with E-state index in [0.29, 0.717) is 5.56 Å². The number of nitrogens with one attached hydrogen (secondary N) is 2. The fourth-order valence-electron chi connectivity index (χ4n) is 2.58. The Labute approximate surface area is 165 Å². The molecule has 1 heterocycles. The van der Waals surface area contributed by atoms with Gasteiger partial charge in [0.05, 0.1) is 19.5 Å². The minimum absolute atomic E-state index is 0.0335. The summed E-state index contributed by atoms with van der Waals surface area (Å²) in [6.07, 6.45) is 0.260. The zero-order valence-corrected chi connectivity index (χ0v) is 16.2. The van der Waals surface area contributed by atoms with Gasteiger partial charge in [-0.1, -0.05) is 23.9 Å². The molecule has 150 valence electrons. The summed E-state index contributed by atoms with van der Waals surface area (Å²) in [4.78, 5) is 58.6. The van der Waals surface area contributed by atoms with Gasteiger partial charge >= 0.3 is 11.9 Å². The highest BCUT2D eigenvalue weighted by Gasteiger charge is 2.31. The summed E-state index contributed by atoms with van der Waals surface area (Å²) < 4.78 is 9.20. The number of carbonyl (C=O) groups excluding carboxylic acids is 5. The van der Waals surface area contributed by atoms with E-state index in [2.05, 4.69) is 20.1 Å². The number of carbonyl (C=O) groups is 5. The first-order chi connectivity index (χ1) is 13.3. The Kier molecular flexibility index (Phi) is 7.56. The smallest absolute Gasteiger partial charge is 0.328 e. The SMILES string of the molecule is COC(=O)CC[C@@H](NC(=O)c1cccc(CC2SC(=O)NC2=O)c1)C(=O)OC. The molecule has 2 rings (SSSR count). The van der Waals surface area contributed by atoms with Gasteiger partial charge in [-0.2, -0.15) is 0 Å². The predicted molar refractivity (Wildman–Crippen MR) is 99.6 cm³/mol. The fourth-order valence-corrected chi connectivity index (χ4v) is 3.44. The van der Waals surface area contributed by atoms with E-state index in [9.17, 15) is 24.0 Å². The molecule has 0 radical (unpaired) electrons. The summed E-state index contributed by atoms with van der Waals surface area (Å²) in [5.74, 6) is -2.07. The van der Waals surface area contributed by atoms with Gasteiger partial charge in [0.2, 0.25) is 5.91 Å². The van der Waals surface area contributed by atoms with Gasteiger partial charge in [0, 0.05) is 12.0 Å². The maximum Gasteiger partial charge on any atom is 0.328 e. The molecular formula is C18H20N2O7S. The Balaban J connectivity index is 2.05. The van der Waals surface area contributed by atoms with Gasteiger partial charge in [0.15, 0.2) is 0 Å². The lowest BCUT2D eigenvalue weighted by molar-refractivity contribution is -0.144. The van der Waals surface area contributed by atoms with Crippen molar-refractivity contribution in [1.82, 2.24) is 10.6 Å². The van der Waals surface area contributed by atoms with Crippen LogP contribution in [0, 0.1) is 0 Å². The van der Waals surface area contributed by atoms with Crippen LogP contribution in [0.2, 0.25) is 0 Å². The molecule has 1 aliphatic heterocycles. The van der Waals surface area contributed by atoms with Crippen molar-refractivity contribution in [3.8, 4) is 0 Å². The van der Waals surface area contributed by atoms with E-state index in [0.717, 1.165) is 11.8 Å². The molecule has 1 saturated heterocycles. The second-order valence-corrected chi connectivity index (χ2v) is 7.13. The molecule has 0 bridgehead atoms. The van der Waals surface area contributed by atoms with E-state index in [1.54, 1.807) is 24.3 Å². The van der Waals surface area contributed by atoms with Gasteiger partial charge in [-0.05, 0) is 30.5 Å². The minimum atomic E-state index is -1.01. The van der Waals surface area contributed by atoms with E-state index in [-0.39, 0.29) is 30.7 Å². The van der Waals surface area contributed by atoms with Crippen molar-refractivity contribution in [2.24, 2.45) is 0 Å². The molecule has 10 heteroatoms. The molecule has 28 heavy (non-hydrogen) atoms. The summed E-state index contributed by atoms with van der Waals surface area (Å²) in [7, 11) is 2.42. The summed E-state index contributed by atoms with van der Waals surface area (Å²) >= 11 is 0.907. The molecule has 9 nitrogen and oxygen atoms in total. The summed E-state index contributed by atoms with van der Waals surface area (Å²) in [6.45, 7) is 0. The highest BCUT2D eigenvalue weighted by Crippen LogP contribution is 2.23. The second-order valence-electron chi connectivity index (χ2n) is 5.95. The van der Waals surface area contributed by atoms with Gasteiger partial charge < -0.3 is 14.8 Å². The molecule has 3 amide bonds. The summed E-state index contributed by atoms with van der Waals surface area (Å²) in [6, 6.07) is 5.52. The molecule has 0 saturated carbocycles. The van der Waals surface area contributed by atoms with Crippen molar-refractivity contribution < 1.29 is 33.4 Å². The number of hydrogen-bond acceptors (Lipinski definition) is 8. The summed E-state index contributed by atoms with van der Waals surface area (Å²) in [5.41, 5.74) is 0.971. The molecule has 2 atom stereocenters. The number of benzene rings is 1. The van der Waals surface area contributed by atoms with Crippen LogP contribution < -0.4 is 10.6 Å². The lowest BCUT2D eigenvalue weighted by atomic mass is 10.0. The molecule has 0 aliphatic carbocycles. The normalized spacial score (nSPS) is 16.9. The van der Waals surface area contributed by atoms with E-state index in [1.807, 2.05) is 0 Å². The lowest BCUT2D eigenvalue weighted by Gasteiger charge is -2.16. The van der Waals surface area contributed by atoms with Crippen molar-refractivity contribution in [1.29, 1.82) is 0 Å². The number of ether oxygens (including phenoxy) is 2. The van der Waals surface area contributed by atoms with Crippen molar-refractivity contribution in [2.45, 2.75) is 30.6 Å². The van der Waals surface area contributed by atoms with Crippen molar-refractivity contribution in [3.05, 3.63) is 35.4 Å². The molecule has 0 spiro atoms. The third kappa shape index (κ3) is 5.81. The molecule has 1 aromatic carbocycles. The number of amides is 3. The van der Waals surface area contributed by atoms with Gasteiger partial charge in [0.1, 0.15) is 6.04 Å². The van der Waals surface area contributed by atoms with Gasteiger partial charge in [0.25, 0.3) is 11.1 Å². The Hall–Kier alpha value is -2.88. The number of hydrogen-bond donors (Lipinski definition) is 2. The molecule has 1 aromatic rings. The van der Waals surface area contributed by atoms with Gasteiger partial charge in [-0.15, -0.1) is 0 Å². The summed E-state index contributed by atoms with van der Waals surface area (Å²) in [5, 5.41) is 3.81. The van der Waals surface area contributed by atoms with Crippen LogP contribution in [0.3, 0.4) is 0 Å². The van der Waals surface area contributed by atoms with Crippen LogP contribution in [0.25, 0.3) is 0 Å². The molecule has 0 aromatic heterocycles. The first-order valence-corrected chi connectivity index (χ1v) is 9.28. The van der Waals surface area contributed by atoms with Crippen LogP contribution in [0.4, 0.5) is 4.79 Å². The number of methoxy groups -OCH3 is 2.